The van der Waals surface area contributed by atoms with E-state index in [1.165, 1.54) is 18.4 Å². The highest BCUT2D eigenvalue weighted by molar-refractivity contribution is 5.20. The van der Waals surface area contributed by atoms with Crippen LogP contribution in [0.4, 0.5) is 0 Å². The SMILES string of the molecule is C=C1CCC=C(C)CCC2C(C1OC)C2(C)C. The zero-order valence-corrected chi connectivity index (χ0v) is 11.8. The van der Waals surface area contributed by atoms with Gasteiger partial charge in [-0.2, -0.15) is 0 Å². The number of hydrogen-bond donors (Lipinski definition) is 0. The first-order chi connectivity index (χ1) is 7.98. The molecule has 96 valence electrons. The van der Waals surface area contributed by atoms with E-state index < -0.39 is 0 Å². The van der Waals surface area contributed by atoms with E-state index in [-0.39, 0.29) is 6.10 Å². The summed E-state index contributed by atoms with van der Waals surface area (Å²) in [5.41, 5.74) is 3.28. The van der Waals surface area contributed by atoms with Gasteiger partial charge in [-0.1, -0.05) is 32.1 Å². The summed E-state index contributed by atoms with van der Waals surface area (Å²) in [6.07, 6.45) is 7.44. The van der Waals surface area contributed by atoms with Crippen molar-refractivity contribution in [2.75, 3.05) is 7.11 Å². The lowest BCUT2D eigenvalue weighted by atomic mass is 9.95. The van der Waals surface area contributed by atoms with Crippen molar-refractivity contribution in [1.29, 1.82) is 0 Å². The van der Waals surface area contributed by atoms with E-state index in [9.17, 15) is 0 Å². The number of allylic oxidation sites excluding steroid dienone is 2. The smallest absolute Gasteiger partial charge is 0.0814 e. The van der Waals surface area contributed by atoms with E-state index in [0.29, 0.717) is 11.3 Å². The topological polar surface area (TPSA) is 9.23 Å². The summed E-state index contributed by atoms with van der Waals surface area (Å²) >= 11 is 0. The first kappa shape index (κ1) is 12.9. The summed E-state index contributed by atoms with van der Waals surface area (Å²) in [7, 11) is 1.84. The third-order valence-electron chi connectivity index (χ3n) is 4.93. The largest absolute Gasteiger partial charge is 0.377 e. The molecule has 0 spiro atoms. The lowest BCUT2D eigenvalue weighted by Crippen LogP contribution is -2.19. The summed E-state index contributed by atoms with van der Waals surface area (Å²) in [5, 5.41) is 0. The van der Waals surface area contributed by atoms with Gasteiger partial charge in [0.05, 0.1) is 6.10 Å². The summed E-state index contributed by atoms with van der Waals surface area (Å²) in [4.78, 5) is 0. The average molecular weight is 234 g/mol. The molecule has 1 saturated carbocycles. The summed E-state index contributed by atoms with van der Waals surface area (Å²) in [6, 6.07) is 0. The minimum Gasteiger partial charge on any atom is -0.377 e. The van der Waals surface area contributed by atoms with Gasteiger partial charge in [0, 0.05) is 7.11 Å². The van der Waals surface area contributed by atoms with Crippen LogP contribution in [0.1, 0.15) is 46.5 Å². The van der Waals surface area contributed by atoms with Crippen molar-refractivity contribution in [3.05, 3.63) is 23.8 Å². The van der Waals surface area contributed by atoms with Crippen LogP contribution in [0.5, 0.6) is 0 Å². The molecule has 0 N–H and O–H groups in total. The summed E-state index contributed by atoms with van der Waals surface area (Å²) < 4.78 is 5.73. The molecule has 0 aromatic carbocycles. The maximum Gasteiger partial charge on any atom is 0.0814 e. The van der Waals surface area contributed by atoms with Crippen molar-refractivity contribution in [3.8, 4) is 0 Å². The first-order valence-electron chi connectivity index (χ1n) is 6.84. The Morgan fingerprint density at radius 1 is 1.35 bits per heavy atom. The van der Waals surface area contributed by atoms with E-state index >= 15 is 0 Å². The van der Waals surface area contributed by atoms with Crippen LogP contribution in [0, 0.1) is 17.3 Å². The molecule has 3 unspecified atom stereocenters. The third-order valence-corrected chi connectivity index (χ3v) is 4.93. The molecule has 1 nitrogen and oxygen atoms in total. The minimum atomic E-state index is 0.279. The molecule has 2 rings (SSSR count). The van der Waals surface area contributed by atoms with Crippen LogP contribution >= 0.6 is 0 Å². The molecule has 1 heteroatoms. The molecule has 2 aliphatic rings. The maximum atomic E-state index is 5.73. The van der Waals surface area contributed by atoms with Crippen LogP contribution in [0.3, 0.4) is 0 Å². The van der Waals surface area contributed by atoms with Gasteiger partial charge in [-0.3, -0.25) is 0 Å². The van der Waals surface area contributed by atoms with Crippen LogP contribution in [0.25, 0.3) is 0 Å². The van der Waals surface area contributed by atoms with Gasteiger partial charge in [-0.15, -0.1) is 0 Å². The molecule has 0 aliphatic heterocycles. The molecule has 0 aromatic heterocycles. The summed E-state index contributed by atoms with van der Waals surface area (Å²) in [5.74, 6) is 1.50. The van der Waals surface area contributed by atoms with Gasteiger partial charge in [-0.25, -0.2) is 0 Å². The van der Waals surface area contributed by atoms with E-state index in [2.05, 4.69) is 33.4 Å². The quantitative estimate of drug-likeness (QED) is 0.613. The van der Waals surface area contributed by atoms with Gasteiger partial charge in [-0.05, 0) is 55.4 Å². The Hall–Kier alpha value is -0.560. The molecule has 0 radical (unpaired) electrons. The zero-order valence-electron chi connectivity index (χ0n) is 11.8. The Morgan fingerprint density at radius 2 is 2.06 bits per heavy atom. The maximum absolute atomic E-state index is 5.73. The Balaban J connectivity index is 2.18. The molecule has 0 aromatic rings. The number of methoxy groups -OCH3 is 1. The Bertz CT molecular complexity index is 337. The van der Waals surface area contributed by atoms with E-state index in [4.69, 9.17) is 4.74 Å². The van der Waals surface area contributed by atoms with Crippen molar-refractivity contribution in [2.45, 2.75) is 52.6 Å². The van der Waals surface area contributed by atoms with Gasteiger partial charge in [0.1, 0.15) is 0 Å². The fraction of sp³-hybridized carbons (Fsp3) is 0.750. The molecule has 3 atom stereocenters. The standard InChI is InChI=1S/C16H26O/c1-11-7-6-8-12(2)15(17-5)14-13(10-9-11)16(14,3)4/h7,13-15H,2,6,8-10H2,1,3-5H3. The minimum absolute atomic E-state index is 0.279. The molecular formula is C16H26O. The molecule has 0 amide bonds. The predicted molar refractivity (Wildman–Crippen MR) is 72.9 cm³/mol. The number of ether oxygens (including phenoxy) is 1. The fourth-order valence-corrected chi connectivity index (χ4v) is 3.64. The van der Waals surface area contributed by atoms with Gasteiger partial charge < -0.3 is 4.74 Å². The van der Waals surface area contributed by atoms with Crippen molar-refractivity contribution in [1.82, 2.24) is 0 Å². The van der Waals surface area contributed by atoms with Crippen molar-refractivity contribution in [2.24, 2.45) is 17.3 Å². The molecule has 0 saturated heterocycles. The van der Waals surface area contributed by atoms with Gasteiger partial charge in [0.15, 0.2) is 0 Å². The normalized spacial score (nSPS) is 37.1. The second-order valence-corrected chi connectivity index (χ2v) is 6.40. The van der Waals surface area contributed by atoms with Crippen molar-refractivity contribution >= 4 is 0 Å². The Morgan fingerprint density at radius 3 is 2.71 bits per heavy atom. The van der Waals surface area contributed by atoms with Crippen LogP contribution in [0.2, 0.25) is 0 Å². The molecule has 0 bridgehead atoms. The highest BCUT2D eigenvalue weighted by Crippen LogP contribution is 2.63. The van der Waals surface area contributed by atoms with Crippen LogP contribution in [-0.4, -0.2) is 13.2 Å². The van der Waals surface area contributed by atoms with Gasteiger partial charge >= 0.3 is 0 Å². The summed E-state index contributed by atoms with van der Waals surface area (Å²) in [6.45, 7) is 11.3. The lowest BCUT2D eigenvalue weighted by Gasteiger charge is -2.20. The monoisotopic (exact) mass is 234 g/mol. The molecule has 0 heterocycles. The van der Waals surface area contributed by atoms with E-state index in [0.717, 1.165) is 18.8 Å². The molecule has 17 heavy (non-hydrogen) atoms. The van der Waals surface area contributed by atoms with Crippen LogP contribution in [-0.2, 0) is 4.74 Å². The Labute approximate surface area is 106 Å². The number of fused-ring (bicyclic) bond motifs is 1. The van der Waals surface area contributed by atoms with Gasteiger partial charge in [0.2, 0.25) is 0 Å². The lowest BCUT2D eigenvalue weighted by molar-refractivity contribution is 0.0976. The molecular weight excluding hydrogens is 208 g/mol. The first-order valence-corrected chi connectivity index (χ1v) is 6.84. The second kappa shape index (κ2) is 4.61. The third kappa shape index (κ3) is 2.35. The highest BCUT2D eigenvalue weighted by atomic mass is 16.5. The highest BCUT2D eigenvalue weighted by Gasteiger charge is 2.60. The number of rotatable bonds is 1. The molecule has 1 fully saturated rings. The molecule has 2 aliphatic carbocycles. The number of hydrogen-bond acceptors (Lipinski definition) is 1. The average Bonchev–Trinajstić information content (AvgIpc) is 2.79. The predicted octanol–water partition coefficient (Wildman–Crippen LogP) is 4.35. The Kier molecular flexibility index (Phi) is 3.49. The van der Waals surface area contributed by atoms with E-state index in [1.54, 1.807) is 5.57 Å². The van der Waals surface area contributed by atoms with E-state index in [1.807, 2.05) is 7.11 Å². The van der Waals surface area contributed by atoms with Crippen molar-refractivity contribution < 1.29 is 4.74 Å². The fourth-order valence-electron chi connectivity index (χ4n) is 3.64. The van der Waals surface area contributed by atoms with Crippen LogP contribution < -0.4 is 0 Å². The zero-order chi connectivity index (χ0) is 12.6. The second-order valence-electron chi connectivity index (χ2n) is 6.40. The van der Waals surface area contributed by atoms with Crippen LogP contribution in [0.15, 0.2) is 23.8 Å². The van der Waals surface area contributed by atoms with Gasteiger partial charge in [0.25, 0.3) is 0 Å². The van der Waals surface area contributed by atoms with Crippen molar-refractivity contribution in [3.63, 3.8) is 0 Å².